The molecule has 1 amide bonds. The molecule has 0 aromatic heterocycles. The van der Waals surface area contributed by atoms with E-state index in [4.69, 9.17) is 23.2 Å². The summed E-state index contributed by atoms with van der Waals surface area (Å²) in [5.74, 6) is 0.952. The summed E-state index contributed by atoms with van der Waals surface area (Å²) in [7, 11) is 0. The van der Waals surface area contributed by atoms with E-state index in [1.807, 2.05) is 71.6 Å². The van der Waals surface area contributed by atoms with Crippen molar-refractivity contribution in [1.29, 1.82) is 0 Å². The second-order valence-corrected chi connectivity index (χ2v) is 9.57. The summed E-state index contributed by atoms with van der Waals surface area (Å²) in [5, 5.41) is 1.49. The maximum atomic E-state index is 13.0. The maximum Gasteiger partial charge on any atom is 0.253 e. The third kappa shape index (κ3) is 5.57. The fraction of sp³-hybridized carbons (Fsp3) is 0.240. The summed E-state index contributed by atoms with van der Waals surface area (Å²) in [6.45, 7) is 5.12. The molecule has 3 aromatic rings. The van der Waals surface area contributed by atoms with Crippen LogP contribution in [0.15, 0.2) is 71.6 Å². The molecule has 1 aliphatic heterocycles. The van der Waals surface area contributed by atoms with E-state index in [0.29, 0.717) is 13.1 Å². The van der Waals surface area contributed by atoms with Gasteiger partial charge in [0.25, 0.3) is 5.91 Å². The summed E-state index contributed by atoms with van der Waals surface area (Å²) in [6.07, 6.45) is 0. The van der Waals surface area contributed by atoms with Gasteiger partial charge >= 0.3 is 0 Å². The predicted molar refractivity (Wildman–Crippen MR) is 132 cm³/mol. The predicted octanol–water partition coefficient (Wildman–Crippen LogP) is 6.56. The van der Waals surface area contributed by atoms with Gasteiger partial charge in [0, 0.05) is 58.1 Å². The number of hydrogen-bond donors (Lipinski definition) is 0. The van der Waals surface area contributed by atoms with E-state index in [-0.39, 0.29) is 5.91 Å². The van der Waals surface area contributed by atoms with Crippen molar-refractivity contribution in [1.82, 2.24) is 4.90 Å². The van der Waals surface area contributed by atoms with Crippen molar-refractivity contribution in [3.05, 3.63) is 93.5 Å². The number of amides is 1. The first-order valence-corrected chi connectivity index (χ1v) is 12.0. The molecule has 0 atom stereocenters. The van der Waals surface area contributed by atoms with Crippen LogP contribution in [0, 0.1) is 6.92 Å². The van der Waals surface area contributed by atoms with Crippen LogP contribution in [0.3, 0.4) is 0 Å². The first kappa shape index (κ1) is 22.1. The van der Waals surface area contributed by atoms with Gasteiger partial charge in [-0.2, -0.15) is 0 Å². The van der Waals surface area contributed by atoms with Crippen LogP contribution in [-0.4, -0.2) is 37.0 Å². The lowest BCUT2D eigenvalue weighted by atomic mass is 10.1. The minimum Gasteiger partial charge on any atom is -0.368 e. The largest absolute Gasteiger partial charge is 0.368 e. The van der Waals surface area contributed by atoms with Crippen LogP contribution < -0.4 is 4.90 Å². The van der Waals surface area contributed by atoms with E-state index in [2.05, 4.69) is 11.8 Å². The molecule has 3 aromatic carbocycles. The van der Waals surface area contributed by atoms with Crippen LogP contribution in [0.2, 0.25) is 10.0 Å². The Labute approximate surface area is 198 Å². The van der Waals surface area contributed by atoms with Gasteiger partial charge in [-0.1, -0.05) is 41.4 Å². The fourth-order valence-electron chi connectivity index (χ4n) is 3.70. The van der Waals surface area contributed by atoms with Crippen LogP contribution in [0.5, 0.6) is 0 Å². The molecule has 1 fully saturated rings. The summed E-state index contributed by atoms with van der Waals surface area (Å²) in [6, 6.07) is 21.8. The van der Waals surface area contributed by atoms with Gasteiger partial charge < -0.3 is 9.80 Å². The highest BCUT2D eigenvalue weighted by molar-refractivity contribution is 7.98. The first-order valence-electron chi connectivity index (χ1n) is 10.3. The molecule has 0 bridgehead atoms. The summed E-state index contributed by atoms with van der Waals surface area (Å²) < 4.78 is 0. The van der Waals surface area contributed by atoms with Crippen molar-refractivity contribution in [2.45, 2.75) is 17.6 Å². The van der Waals surface area contributed by atoms with E-state index < -0.39 is 0 Å². The molecule has 1 saturated heterocycles. The van der Waals surface area contributed by atoms with Crippen molar-refractivity contribution in [3.8, 4) is 0 Å². The SMILES string of the molecule is Cc1ccc(Cl)cc1N1CCN(C(=O)c2ccc(CSc3ccc(Cl)cc3)cc2)CC1. The topological polar surface area (TPSA) is 23.6 Å². The lowest BCUT2D eigenvalue weighted by Crippen LogP contribution is -2.49. The first-order chi connectivity index (χ1) is 15.0. The number of benzene rings is 3. The van der Waals surface area contributed by atoms with Gasteiger partial charge in [0.15, 0.2) is 0 Å². The molecule has 4 rings (SSSR count). The summed E-state index contributed by atoms with van der Waals surface area (Å²) >= 11 is 13.9. The molecular weight excluding hydrogens is 447 g/mol. The molecule has 1 aliphatic rings. The van der Waals surface area contributed by atoms with E-state index in [1.165, 1.54) is 16.0 Å². The van der Waals surface area contributed by atoms with Crippen molar-refractivity contribution >= 4 is 46.6 Å². The standard InChI is InChI=1S/C25H24Cl2N2OS/c1-18-2-7-22(27)16-24(18)28-12-14-29(15-13-28)25(30)20-5-3-19(4-6-20)17-31-23-10-8-21(26)9-11-23/h2-11,16H,12-15,17H2,1H3. The van der Waals surface area contributed by atoms with E-state index in [1.54, 1.807) is 11.8 Å². The molecule has 0 aliphatic carbocycles. The molecule has 0 radical (unpaired) electrons. The quantitative estimate of drug-likeness (QED) is 0.394. The number of rotatable bonds is 5. The molecule has 31 heavy (non-hydrogen) atoms. The number of carbonyl (C=O) groups is 1. The van der Waals surface area contributed by atoms with Crippen molar-refractivity contribution in [2.24, 2.45) is 0 Å². The van der Waals surface area contributed by atoms with Crippen molar-refractivity contribution in [3.63, 3.8) is 0 Å². The Hall–Kier alpha value is -2.14. The van der Waals surface area contributed by atoms with Gasteiger partial charge in [-0.15, -0.1) is 11.8 Å². The van der Waals surface area contributed by atoms with Crippen LogP contribution in [0.25, 0.3) is 0 Å². The monoisotopic (exact) mass is 470 g/mol. The number of halogens is 2. The second-order valence-electron chi connectivity index (χ2n) is 7.65. The zero-order valence-electron chi connectivity index (χ0n) is 17.4. The highest BCUT2D eigenvalue weighted by atomic mass is 35.5. The molecule has 1 heterocycles. The molecule has 6 heteroatoms. The number of hydrogen-bond acceptors (Lipinski definition) is 3. The second kappa shape index (κ2) is 9.99. The fourth-order valence-corrected chi connectivity index (χ4v) is 4.84. The summed E-state index contributed by atoms with van der Waals surface area (Å²) in [4.78, 5) is 18.4. The van der Waals surface area contributed by atoms with E-state index in [9.17, 15) is 4.79 Å². The van der Waals surface area contributed by atoms with Gasteiger partial charge in [-0.3, -0.25) is 4.79 Å². The van der Waals surface area contributed by atoms with E-state index in [0.717, 1.165) is 40.1 Å². The van der Waals surface area contributed by atoms with Crippen molar-refractivity contribution in [2.75, 3.05) is 31.1 Å². The molecular formula is C25H24Cl2N2OS. The molecule has 0 N–H and O–H groups in total. The Morgan fingerprint density at radius 3 is 2.19 bits per heavy atom. The maximum absolute atomic E-state index is 13.0. The van der Waals surface area contributed by atoms with E-state index >= 15 is 0 Å². The van der Waals surface area contributed by atoms with Gasteiger partial charge in [0.2, 0.25) is 0 Å². The average molecular weight is 471 g/mol. The van der Waals surface area contributed by atoms with Gasteiger partial charge in [-0.05, 0) is 66.6 Å². The minimum atomic E-state index is 0.0966. The number of nitrogens with zero attached hydrogens (tertiary/aromatic N) is 2. The zero-order chi connectivity index (χ0) is 21.8. The minimum absolute atomic E-state index is 0.0966. The number of aryl methyl sites for hydroxylation is 1. The molecule has 160 valence electrons. The molecule has 3 nitrogen and oxygen atoms in total. The number of piperazine rings is 1. The lowest BCUT2D eigenvalue weighted by Gasteiger charge is -2.37. The molecule has 0 unspecified atom stereocenters. The highest BCUT2D eigenvalue weighted by Gasteiger charge is 2.23. The smallest absolute Gasteiger partial charge is 0.253 e. The van der Waals surface area contributed by atoms with Gasteiger partial charge in [0.05, 0.1) is 0 Å². The Bertz CT molecular complexity index is 1050. The Balaban J connectivity index is 1.32. The Kier molecular flexibility index (Phi) is 7.11. The molecule has 0 spiro atoms. The Morgan fingerprint density at radius 1 is 0.871 bits per heavy atom. The summed E-state index contributed by atoms with van der Waals surface area (Å²) in [5.41, 5.74) is 4.30. The highest BCUT2D eigenvalue weighted by Crippen LogP contribution is 2.26. The normalized spacial score (nSPS) is 14.0. The third-order valence-corrected chi connectivity index (χ3v) is 7.07. The van der Waals surface area contributed by atoms with Crippen LogP contribution in [0.1, 0.15) is 21.5 Å². The van der Waals surface area contributed by atoms with Gasteiger partial charge in [0.1, 0.15) is 0 Å². The van der Waals surface area contributed by atoms with Crippen LogP contribution in [-0.2, 0) is 5.75 Å². The average Bonchev–Trinajstić information content (AvgIpc) is 2.80. The van der Waals surface area contributed by atoms with Gasteiger partial charge in [-0.25, -0.2) is 0 Å². The van der Waals surface area contributed by atoms with Crippen LogP contribution >= 0.6 is 35.0 Å². The van der Waals surface area contributed by atoms with Crippen LogP contribution in [0.4, 0.5) is 5.69 Å². The Morgan fingerprint density at radius 2 is 1.52 bits per heavy atom. The number of carbonyl (C=O) groups excluding carboxylic acids is 1. The number of thioether (sulfide) groups is 1. The molecule has 0 saturated carbocycles. The third-order valence-electron chi connectivity index (χ3n) is 5.50. The number of anilines is 1. The van der Waals surface area contributed by atoms with Crippen molar-refractivity contribution < 1.29 is 4.79 Å². The zero-order valence-corrected chi connectivity index (χ0v) is 19.7. The lowest BCUT2D eigenvalue weighted by molar-refractivity contribution is 0.0747.